The van der Waals surface area contributed by atoms with Crippen LogP contribution in [0.15, 0.2) is 56.0 Å². The van der Waals surface area contributed by atoms with Crippen molar-refractivity contribution >= 4 is 11.9 Å². The summed E-state index contributed by atoms with van der Waals surface area (Å²) >= 11 is 0. The molecule has 0 aromatic heterocycles. The van der Waals surface area contributed by atoms with Gasteiger partial charge >= 0.3 is 11.9 Å². The van der Waals surface area contributed by atoms with Gasteiger partial charge in [0.1, 0.15) is 0 Å². The predicted octanol–water partition coefficient (Wildman–Crippen LogP) is 3.07. The average Bonchev–Trinajstić information content (AvgIpc) is 2.41. The summed E-state index contributed by atoms with van der Waals surface area (Å²) in [5, 5.41) is 0. The van der Waals surface area contributed by atoms with Gasteiger partial charge in [0.05, 0.1) is 18.1 Å². The van der Waals surface area contributed by atoms with E-state index in [-0.39, 0.29) is 11.9 Å². The zero-order valence-electron chi connectivity index (χ0n) is 10.3. The maximum Gasteiger partial charge on any atom is 0.342 e. The Morgan fingerprint density at radius 3 is 2.06 bits per heavy atom. The largest absolute Gasteiger partial charge is 0.435 e. The number of rotatable bonds is 4. The molecule has 0 saturated carbocycles. The molecule has 0 spiro atoms. The number of carbonyl (C=O) groups is 2. The van der Waals surface area contributed by atoms with Gasteiger partial charge in [0.15, 0.2) is 0 Å². The molecule has 0 heterocycles. The summed E-state index contributed by atoms with van der Waals surface area (Å²) in [5.41, 5.74) is 0.535. The first-order valence-electron chi connectivity index (χ1n) is 5.33. The van der Waals surface area contributed by atoms with Crippen LogP contribution in [0, 0.1) is 0 Å². The van der Waals surface area contributed by atoms with Crippen molar-refractivity contribution in [3.63, 3.8) is 0 Å². The molecule has 4 heteroatoms. The molecule has 0 fully saturated rings. The van der Waals surface area contributed by atoms with Gasteiger partial charge in [0, 0.05) is 6.42 Å². The van der Waals surface area contributed by atoms with Crippen LogP contribution < -0.4 is 0 Å². The van der Waals surface area contributed by atoms with Crippen LogP contribution in [0.1, 0.15) is 23.7 Å². The first-order valence-corrected chi connectivity index (χ1v) is 5.33. The molecule has 0 aliphatic heterocycles. The molecule has 0 atom stereocenters. The molecule has 0 bridgehead atoms. The third-order valence-corrected chi connectivity index (χ3v) is 1.70. The van der Waals surface area contributed by atoms with E-state index >= 15 is 0 Å². The molecule has 0 amide bonds. The lowest BCUT2D eigenvalue weighted by molar-refractivity contribution is -0.137. The Kier molecular flexibility index (Phi) is 8.55. The fourth-order valence-electron chi connectivity index (χ4n) is 0.894. The molecule has 0 radical (unpaired) electrons. The van der Waals surface area contributed by atoms with Crippen molar-refractivity contribution in [1.29, 1.82) is 0 Å². The first kappa shape index (κ1) is 15.6. The monoisotopic (exact) mass is 248 g/mol. The first-order chi connectivity index (χ1) is 8.65. The summed E-state index contributed by atoms with van der Waals surface area (Å²) in [7, 11) is 0. The fraction of sp³-hybridized carbons (Fsp3) is 0.143. The number of carbonyl (C=O) groups excluding carboxylic acids is 2. The van der Waals surface area contributed by atoms with Crippen LogP contribution in [-0.4, -0.2) is 11.9 Å². The molecule has 18 heavy (non-hydrogen) atoms. The van der Waals surface area contributed by atoms with Crippen molar-refractivity contribution < 1.29 is 19.1 Å². The van der Waals surface area contributed by atoms with Crippen LogP contribution in [0.2, 0.25) is 0 Å². The van der Waals surface area contributed by atoms with E-state index in [1.807, 2.05) is 6.07 Å². The summed E-state index contributed by atoms with van der Waals surface area (Å²) in [6.45, 7) is 8.22. The molecule has 0 aliphatic carbocycles. The Labute approximate surface area is 107 Å². The maximum atomic E-state index is 11.0. The van der Waals surface area contributed by atoms with Gasteiger partial charge in [-0.2, -0.15) is 0 Å². The minimum Gasteiger partial charge on any atom is -0.435 e. The number of esters is 2. The highest BCUT2D eigenvalue weighted by molar-refractivity contribution is 5.89. The molecule has 0 unspecified atom stereocenters. The van der Waals surface area contributed by atoms with Crippen LogP contribution in [0.4, 0.5) is 0 Å². The van der Waals surface area contributed by atoms with Crippen LogP contribution in [0.5, 0.6) is 0 Å². The number of benzene rings is 1. The van der Waals surface area contributed by atoms with Crippen LogP contribution >= 0.6 is 0 Å². The summed E-state index contributed by atoms with van der Waals surface area (Å²) in [4.78, 5) is 21.1. The summed E-state index contributed by atoms with van der Waals surface area (Å²) < 4.78 is 8.87. The van der Waals surface area contributed by atoms with E-state index in [0.717, 1.165) is 12.5 Å². The highest BCUT2D eigenvalue weighted by atomic mass is 16.5. The lowest BCUT2D eigenvalue weighted by Crippen LogP contribution is -1.98. The Morgan fingerprint density at radius 2 is 1.67 bits per heavy atom. The second kappa shape index (κ2) is 9.84. The van der Waals surface area contributed by atoms with Crippen molar-refractivity contribution in [2.75, 3.05) is 0 Å². The van der Waals surface area contributed by atoms with Crippen molar-refractivity contribution in [2.24, 2.45) is 0 Å². The van der Waals surface area contributed by atoms with E-state index in [2.05, 4.69) is 22.6 Å². The van der Waals surface area contributed by atoms with Crippen molar-refractivity contribution in [1.82, 2.24) is 0 Å². The van der Waals surface area contributed by atoms with Gasteiger partial charge < -0.3 is 9.47 Å². The quantitative estimate of drug-likeness (QED) is 0.607. The topological polar surface area (TPSA) is 52.6 Å². The Morgan fingerprint density at radius 1 is 1.11 bits per heavy atom. The molecular formula is C14H16O4. The standard InChI is InChI=1S/C9H8O2.C5H8O2/c1-2-11-9(10)8-6-4-3-5-7-8;1-3-5(6)7-4-2/h2-7H,1H2;4H,2-3H2,1H3. The Balaban J connectivity index is 0.000000360. The maximum absolute atomic E-state index is 11.0. The zero-order valence-corrected chi connectivity index (χ0v) is 10.3. The average molecular weight is 248 g/mol. The molecule has 96 valence electrons. The van der Waals surface area contributed by atoms with Crippen molar-refractivity contribution in [3.05, 3.63) is 61.6 Å². The van der Waals surface area contributed by atoms with E-state index in [0.29, 0.717) is 12.0 Å². The van der Waals surface area contributed by atoms with E-state index in [1.165, 1.54) is 0 Å². The van der Waals surface area contributed by atoms with E-state index in [9.17, 15) is 9.59 Å². The van der Waals surface area contributed by atoms with Gasteiger partial charge in [-0.05, 0) is 12.1 Å². The van der Waals surface area contributed by atoms with Crippen LogP contribution in [0.3, 0.4) is 0 Å². The lowest BCUT2D eigenvalue weighted by Gasteiger charge is -1.96. The summed E-state index contributed by atoms with van der Waals surface area (Å²) in [5.74, 6) is -0.615. The fourth-order valence-corrected chi connectivity index (χ4v) is 0.894. The minimum atomic E-state index is -0.374. The smallest absolute Gasteiger partial charge is 0.342 e. The molecule has 1 rings (SSSR count). The van der Waals surface area contributed by atoms with Crippen molar-refractivity contribution in [3.8, 4) is 0 Å². The Bertz CT molecular complexity index is 396. The summed E-state index contributed by atoms with van der Waals surface area (Å²) in [6, 6.07) is 8.77. The SMILES string of the molecule is C=COC(=O)CC.C=COC(=O)c1ccccc1. The van der Waals surface area contributed by atoms with Gasteiger partial charge in [0.2, 0.25) is 0 Å². The van der Waals surface area contributed by atoms with Crippen LogP contribution in [-0.2, 0) is 14.3 Å². The molecule has 0 aliphatic rings. The molecular weight excluding hydrogens is 232 g/mol. The molecule has 1 aromatic carbocycles. The number of hydrogen-bond acceptors (Lipinski definition) is 4. The molecule has 0 N–H and O–H groups in total. The van der Waals surface area contributed by atoms with Gasteiger partial charge in [-0.15, -0.1) is 0 Å². The van der Waals surface area contributed by atoms with Gasteiger partial charge in [-0.3, -0.25) is 4.79 Å². The minimum absolute atomic E-state index is 0.241. The zero-order chi connectivity index (χ0) is 13.8. The van der Waals surface area contributed by atoms with E-state index in [4.69, 9.17) is 0 Å². The second-order valence-corrected chi connectivity index (χ2v) is 2.95. The van der Waals surface area contributed by atoms with Gasteiger partial charge in [-0.25, -0.2) is 4.79 Å². The van der Waals surface area contributed by atoms with E-state index in [1.54, 1.807) is 31.2 Å². The highest BCUT2D eigenvalue weighted by Crippen LogP contribution is 2.00. The van der Waals surface area contributed by atoms with E-state index < -0.39 is 0 Å². The number of hydrogen-bond donors (Lipinski definition) is 0. The van der Waals surface area contributed by atoms with Gasteiger partial charge in [-0.1, -0.05) is 38.3 Å². The summed E-state index contributed by atoms with van der Waals surface area (Å²) in [6.07, 6.45) is 2.66. The molecule has 4 nitrogen and oxygen atoms in total. The number of ether oxygens (including phenoxy) is 2. The Hall–Kier alpha value is -2.36. The highest BCUT2D eigenvalue weighted by Gasteiger charge is 2.01. The van der Waals surface area contributed by atoms with Crippen LogP contribution in [0.25, 0.3) is 0 Å². The third kappa shape index (κ3) is 7.00. The second-order valence-electron chi connectivity index (χ2n) is 2.95. The lowest BCUT2D eigenvalue weighted by atomic mass is 10.2. The third-order valence-electron chi connectivity index (χ3n) is 1.70. The molecule has 1 aromatic rings. The normalized spacial score (nSPS) is 8.28. The molecule has 0 saturated heterocycles. The van der Waals surface area contributed by atoms with Gasteiger partial charge in [0.25, 0.3) is 0 Å². The predicted molar refractivity (Wildman–Crippen MR) is 68.6 cm³/mol. The van der Waals surface area contributed by atoms with Crippen molar-refractivity contribution in [2.45, 2.75) is 13.3 Å².